The monoisotopic (exact) mass is 489 g/mol. The van der Waals surface area contributed by atoms with Gasteiger partial charge in [-0.3, -0.25) is 9.69 Å². The van der Waals surface area contributed by atoms with E-state index in [1.54, 1.807) is 18.5 Å². The Balaban J connectivity index is 1.27. The Morgan fingerprint density at radius 1 is 1.11 bits per heavy atom. The summed E-state index contributed by atoms with van der Waals surface area (Å²) in [6.07, 6.45) is 4.99. The van der Waals surface area contributed by atoms with E-state index in [9.17, 15) is 4.79 Å². The van der Waals surface area contributed by atoms with Crippen LogP contribution in [0.1, 0.15) is 22.3 Å². The number of fused-ring (bicyclic) bond motifs is 1. The molecule has 1 unspecified atom stereocenters. The zero-order chi connectivity index (χ0) is 24.7. The van der Waals surface area contributed by atoms with E-state index in [-0.39, 0.29) is 17.9 Å². The van der Waals surface area contributed by atoms with E-state index < -0.39 is 0 Å². The molecular weight excluding hydrogens is 458 g/mol. The Morgan fingerprint density at radius 3 is 2.75 bits per heavy atom. The maximum Gasteiger partial charge on any atom is 0.251 e. The molecule has 4 heterocycles. The summed E-state index contributed by atoms with van der Waals surface area (Å²) in [4.78, 5) is 27.9. The molecule has 10 nitrogen and oxygen atoms in total. The Hall–Kier alpha value is -3.76. The maximum atomic E-state index is 12.5. The summed E-state index contributed by atoms with van der Waals surface area (Å²) in [7, 11) is 0. The molecule has 5 rings (SSSR count). The second-order valence-electron chi connectivity index (χ2n) is 8.82. The van der Waals surface area contributed by atoms with Crippen molar-refractivity contribution in [2.45, 2.75) is 18.9 Å². The van der Waals surface area contributed by atoms with Crippen molar-refractivity contribution in [2.75, 3.05) is 57.1 Å². The van der Waals surface area contributed by atoms with E-state index >= 15 is 0 Å². The van der Waals surface area contributed by atoms with E-state index in [0.29, 0.717) is 44.2 Å². The first kappa shape index (κ1) is 24.0. The fraction of sp³-hybridized carbons (Fsp3) is 0.385. The zero-order valence-corrected chi connectivity index (χ0v) is 20.2. The van der Waals surface area contributed by atoms with Crippen molar-refractivity contribution < 1.29 is 14.3 Å². The molecule has 2 aliphatic heterocycles. The summed E-state index contributed by atoms with van der Waals surface area (Å²) in [5.41, 5.74) is 9.00. The standard InChI is InChI=1S/C26H31N7O3/c27-26-29-10-7-22(32-26)21-17-31-24(20-8-13-36-23(20)21)30-16-19(33-11-14-35-15-12-33)6-9-28-25(34)18-4-2-1-3-5-18/h1-5,7,10,17,19H,6,8-9,11-16H2,(H,28,34)(H,30,31)(H2,27,29,32). The average Bonchev–Trinajstić information content (AvgIpc) is 3.42. The van der Waals surface area contributed by atoms with Crippen molar-refractivity contribution in [3.8, 4) is 17.0 Å². The minimum atomic E-state index is -0.0538. The normalized spacial score (nSPS) is 16.1. The van der Waals surface area contributed by atoms with E-state index in [1.807, 2.05) is 30.3 Å². The van der Waals surface area contributed by atoms with Crippen LogP contribution in [0.4, 0.5) is 11.8 Å². The first-order valence-corrected chi connectivity index (χ1v) is 12.3. The average molecular weight is 490 g/mol. The molecule has 1 saturated heterocycles. The topological polar surface area (TPSA) is 128 Å². The maximum absolute atomic E-state index is 12.5. The second kappa shape index (κ2) is 11.3. The summed E-state index contributed by atoms with van der Waals surface area (Å²) in [6, 6.07) is 11.3. The van der Waals surface area contributed by atoms with Crippen molar-refractivity contribution >= 4 is 17.7 Å². The van der Waals surface area contributed by atoms with Gasteiger partial charge < -0.3 is 25.8 Å². The first-order chi connectivity index (χ1) is 17.7. The molecule has 188 valence electrons. The van der Waals surface area contributed by atoms with Gasteiger partial charge in [0.2, 0.25) is 5.95 Å². The fourth-order valence-electron chi connectivity index (χ4n) is 4.66. The highest BCUT2D eigenvalue weighted by Crippen LogP contribution is 2.39. The molecule has 0 spiro atoms. The number of anilines is 2. The third-order valence-corrected chi connectivity index (χ3v) is 6.54. The van der Waals surface area contributed by atoms with Crippen molar-refractivity contribution in [3.63, 3.8) is 0 Å². The van der Waals surface area contributed by atoms with Gasteiger partial charge in [-0.25, -0.2) is 15.0 Å². The molecule has 1 atom stereocenters. The van der Waals surface area contributed by atoms with E-state index in [1.165, 1.54) is 0 Å². The summed E-state index contributed by atoms with van der Waals surface area (Å²) >= 11 is 0. The van der Waals surface area contributed by atoms with Gasteiger partial charge in [0, 0.05) is 62.2 Å². The lowest BCUT2D eigenvalue weighted by molar-refractivity contribution is 0.0175. The van der Waals surface area contributed by atoms with Crippen molar-refractivity contribution in [1.82, 2.24) is 25.2 Å². The van der Waals surface area contributed by atoms with Gasteiger partial charge in [-0.2, -0.15) is 0 Å². The Kier molecular flexibility index (Phi) is 7.53. The lowest BCUT2D eigenvalue weighted by atomic mass is 10.1. The van der Waals surface area contributed by atoms with Crippen LogP contribution in [0.15, 0.2) is 48.8 Å². The lowest BCUT2D eigenvalue weighted by Crippen LogP contribution is -2.48. The Labute approximate surface area is 210 Å². The molecular formula is C26H31N7O3. The third kappa shape index (κ3) is 5.55. The highest BCUT2D eigenvalue weighted by atomic mass is 16.5. The van der Waals surface area contributed by atoms with Crippen LogP contribution < -0.4 is 21.1 Å². The molecule has 36 heavy (non-hydrogen) atoms. The van der Waals surface area contributed by atoms with E-state index in [0.717, 1.165) is 48.6 Å². The molecule has 0 bridgehead atoms. The van der Waals surface area contributed by atoms with E-state index in [4.69, 9.17) is 20.2 Å². The van der Waals surface area contributed by atoms with Crippen LogP contribution in [-0.4, -0.2) is 77.8 Å². The van der Waals surface area contributed by atoms with Gasteiger partial charge >= 0.3 is 0 Å². The minimum absolute atomic E-state index is 0.0538. The minimum Gasteiger partial charge on any atom is -0.492 e. The number of carbonyl (C=O) groups is 1. The number of nitrogens with zero attached hydrogens (tertiary/aromatic N) is 4. The van der Waals surface area contributed by atoms with Crippen molar-refractivity contribution in [3.05, 3.63) is 59.9 Å². The number of aromatic nitrogens is 3. The number of nitrogens with one attached hydrogen (secondary N) is 2. The summed E-state index contributed by atoms with van der Waals surface area (Å²) < 4.78 is 11.5. The molecule has 1 fully saturated rings. The predicted molar refractivity (Wildman–Crippen MR) is 137 cm³/mol. The van der Waals surface area contributed by atoms with Crippen LogP contribution in [0.2, 0.25) is 0 Å². The van der Waals surface area contributed by atoms with Gasteiger partial charge in [0.25, 0.3) is 5.91 Å². The molecule has 4 N–H and O–H groups in total. The van der Waals surface area contributed by atoms with Crippen LogP contribution in [0.3, 0.4) is 0 Å². The number of amides is 1. The smallest absolute Gasteiger partial charge is 0.251 e. The number of morpholine rings is 1. The third-order valence-electron chi connectivity index (χ3n) is 6.54. The molecule has 0 saturated carbocycles. The number of pyridine rings is 1. The second-order valence-corrected chi connectivity index (χ2v) is 8.82. The van der Waals surface area contributed by atoms with Crippen LogP contribution in [0.5, 0.6) is 5.75 Å². The highest BCUT2D eigenvalue weighted by molar-refractivity contribution is 5.94. The van der Waals surface area contributed by atoms with Gasteiger partial charge in [0.15, 0.2) is 0 Å². The Bertz CT molecular complexity index is 1190. The highest BCUT2D eigenvalue weighted by Gasteiger charge is 2.25. The zero-order valence-electron chi connectivity index (χ0n) is 20.2. The van der Waals surface area contributed by atoms with Crippen molar-refractivity contribution in [1.29, 1.82) is 0 Å². The van der Waals surface area contributed by atoms with Gasteiger partial charge in [0.1, 0.15) is 11.6 Å². The number of nitrogen functional groups attached to an aromatic ring is 1. The predicted octanol–water partition coefficient (Wildman–Crippen LogP) is 1.99. The van der Waals surface area contributed by atoms with E-state index in [2.05, 4.69) is 25.5 Å². The largest absolute Gasteiger partial charge is 0.492 e. The summed E-state index contributed by atoms with van der Waals surface area (Å²) in [5, 5.41) is 6.61. The SMILES string of the molecule is Nc1nccc(-c2cnc(NCC(CCNC(=O)c3ccccc3)N3CCOCC3)c3c2OCC3)n1. The molecule has 2 aromatic heterocycles. The lowest BCUT2D eigenvalue weighted by Gasteiger charge is -2.35. The molecule has 3 aromatic rings. The van der Waals surface area contributed by atoms with Gasteiger partial charge in [-0.15, -0.1) is 0 Å². The molecule has 0 radical (unpaired) electrons. The fourth-order valence-corrected chi connectivity index (χ4v) is 4.66. The van der Waals surface area contributed by atoms with Gasteiger partial charge in [-0.05, 0) is 24.6 Å². The number of rotatable bonds is 9. The number of carbonyl (C=O) groups excluding carboxylic acids is 1. The molecule has 0 aliphatic carbocycles. The number of nitrogens with two attached hydrogens (primary N) is 1. The Morgan fingerprint density at radius 2 is 1.94 bits per heavy atom. The van der Waals surface area contributed by atoms with Crippen LogP contribution >= 0.6 is 0 Å². The summed E-state index contributed by atoms with van der Waals surface area (Å²) in [5.74, 6) is 1.78. The molecule has 1 amide bonds. The number of benzene rings is 1. The van der Waals surface area contributed by atoms with Crippen LogP contribution in [0, 0.1) is 0 Å². The van der Waals surface area contributed by atoms with Crippen molar-refractivity contribution in [2.24, 2.45) is 0 Å². The van der Waals surface area contributed by atoms with Crippen LogP contribution in [0.25, 0.3) is 11.3 Å². The number of ether oxygens (including phenoxy) is 2. The van der Waals surface area contributed by atoms with Gasteiger partial charge in [-0.1, -0.05) is 18.2 Å². The van der Waals surface area contributed by atoms with Crippen LogP contribution in [-0.2, 0) is 11.2 Å². The molecule has 10 heteroatoms. The summed E-state index contributed by atoms with van der Waals surface area (Å²) in [6.45, 7) is 5.03. The molecule has 1 aromatic carbocycles. The first-order valence-electron chi connectivity index (χ1n) is 12.3. The number of hydrogen-bond acceptors (Lipinski definition) is 9. The number of hydrogen-bond donors (Lipinski definition) is 3. The quantitative estimate of drug-likeness (QED) is 0.413. The molecule has 2 aliphatic rings. The van der Waals surface area contributed by atoms with Gasteiger partial charge in [0.05, 0.1) is 31.1 Å².